The van der Waals surface area contributed by atoms with Crippen LogP contribution in [0, 0.1) is 0 Å². The third-order valence-corrected chi connectivity index (χ3v) is 5.12. The van der Waals surface area contributed by atoms with Crippen molar-refractivity contribution in [3.63, 3.8) is 0 Å². The van der Waals surface area contributed by atoms with Crippen molar-refractivity contribution in [2.45, 2.75) is 12.5 Å². The molecule has 1 unspecified atom stereocenters. The van der Waals surface area contributed by atoms with Crippen molar-refractivity contribution in [3.8, 4) is 17.2 Å². The molecule has 1 heterocycles. The molecule has 0 saturated carbocycles. The van der Waals surface area contributed by atoms with Gasteiger partial charge in [0.05, 0.1) is 20.3 Å². The van der Waals surface area contributed by atoms with E-state index < -0.39 is 0 Å². The summed E-state index contributed by atoms with van der Waals surface area (Å²) in [7, 11) is 7.38. The normalized spacial score (nSPS) is 16.1. The molecular formula is C21H27ClN2O3. The summed E-state index contributed by atoms with van der Waals surface area (Å²) < 4.78 is 16.8. The molecule has 0 bridgehead atoms. The topological polar surface area (TPSA) is 43.0 Å². The van der Waals surface area contributed by atoms with Crippen molar-refractivity contribution in [2.24, 2.45) is 0 Å². The van der Waals surface area contributed by atoms with Gasteiger partial charge in [-0.25, -0.2) is 0 Å². The highest BCUT2D eigenvalue weighted by molar-refractivity contribution is 6.31. The summed E-state index contributed by atoms with van der Waals surface area (Å²) in [5, 5.41) is 4.26. The number of ether oxygens (including phenoxy) is 3. The van der Waals surface area contributed by atoms with Gasteiger partial charge in [0.15, 0.2) is 11.5 Å². The molecule has 27 heavy (non-hydrogen) atoms. The fourth-order valence-electron chi connectivity index (χ4n) is 3.32. The second kappa shape index (κ2) is 8.83. The minimum absolute atomic E-state index is 0.00857. The molecule has 1 atom stereocenters. The minimum atomic E-state index is 0.00857. The zero-order valence-electron chi connectivity index (χ0n) is 16.3. The maximum atomic E-state index is 6.54. The quantitative estimate of drug-likeness (QED) is 0.783. The van der Waals surface area contributed by atoms with E-state index in [1.54, 1.807) is 14.2 Å². The number of benzene rings is 2. The van der Waals surface area contributed by atoms with Gasteiger partial charge in [0.1, 0.15) is 12.4 Å². The maximum absolute atomic E-state index is 6.54. The van der Waals surface area contributed by atoms with Crippen LogP contribution in [0.15, 0.2) is 30.3 Å². The molecule has 0 aliphatic carbocycles. The van der Waals surface area contributed by atoms with E-state index in [1.165, 1.54) is 11.1 Å². The van der Waals surface area contributed by atoms with Gasteiger partial charge in [-0.3, -0.25) is 0 Å². The van der Waals surface area contributed by atoms with Crippen molar-refractivity contribution in [1.82, 2.24) is 10.2 Å². The van der Waals surface area contributed by atoms with Gasteiger partial charge in [-0.15, -0.1) is 0 Å². The molecule has 0 amide bonds. The third-order valence-electron chi connectivity index (χ3n) is 4.79. The van der Waals surface area contributed by atoms with Crippen molar-refractivity contribution in [2.75, 3.05) is 48.0 Å². The van der Waals surface area contributed by atoms with Crippen LogP contribution in [0.1, 0.15) is 22.7 Å². The van der Waals surface area contributed by atoms with Crippen LogP contribution in [0.25, 0.3) is 0 Å². The van der Waals surface area contributed by atoms with Crippen LogP contribution >= 0.6 is 11.6 Å². The Kier molecular flexibility index (Phi) is 6.47. The molecule has 3 rings (SSSR count). The second-order valence-corrected chi connectivity index (χ2v) is 7.29. The molecule has 0 aromatic heterocycles. The molecule has 2 aromatic rings. The van der Waals surface area contributed by atoms with E-state index in [0.717, 1.165) is 42.3 Å². The lowest BCUT2D eigenvalue weighted by Crippen LogP contribution is -2.31. The summed E-state index contributed by atoms with van der Waals surface area (Å²) in [6.45, 7) is 2.32. The van der Waals surface area contributed by atoms with E-state index >= 15 is 0 Å². The van der Waals surface area contributed by atoms with Crippen LogP contribution in [0.4, 0.5) is 0 Å². The van der Waals surface area contributed by atoms with Gasteiger partial charge in [0, 0.05) is 18.1 Å². The number of nitrogens with zero attached hydrogens (tertiary/aromatic N) is 1. The summed E-state index contributed by atoms with van der Waals surface area (Å²) >= 11 is 6.54. The highest BCUT2D eigenvalue weighted by atomic mass is 35.5. The number of halogens is 1. The molecule has 1 aliphatic heterocycles. The Hall–Kier alpha value is -1.95. The first kappa shape index (κ1) is 19.8. The van der Waals surface area contributed by atoms with E-state index in [-0.39, 0.29) is 6.04 Å². The van der Waals surface area contributed by atoms with Gasteiger partial charge >= 0.3 is 0 Å². The fourth-order valence-corrected chi connectivity index (χ4v) is 3.60. The smallest absolute Gasteiger partial charge is 0.161 e. The lowest BCUT2D eigenvalue weighted by molar-refractivity contribution is 0.250. The van der Waals surface area contributed by atoms with E-state index in [1.807, 2.05) is 32.3 Å². The van der Waals surface area contributed by atoms with Crippen LogP contribution in [0.5, 0.6) is 17.2 Å². The summed E-state index contributed by atoms with van der Waals surface area (Å²) in [5.41, 5.74) is 3.46. The Morgan fingerprint density at radius 2 is 1.89 bits per heavy atom. The van der Waals surface area contributed by atoms with Crippen LogP contribution in [-0.2, 0) is 6.42 Å². The van der Waals surface area contributed by atoms with Gasteiger partial charge < -0.3 is 24.4 Å². The molecule has 6 heteroatoms. The summed E-state index contributed by atoms with van der Waals surface area (Å²) in [6.07, 6.45) is 0.938. The number of hydrogen-bond donors (Lipinski definition) is 1. The second-order valence-electron chi connectivity index (χ2n) is 6.88. The van der Waals surface area contributed by atoms with Gasteiger partial charge in [-0.05, 0) is 61.5 Å². The van der Waals surface area contributed by atoms with Crippen LogP contribution in [0.2, 0.25) is 5.02 Å². The minimum Gasteiger partial charge on any atom is -0.497 e. The predicted molar refractivity (Wildman–Crippen MR) is 109 cm³/mol. The van der Waals surface area contributed by atoms with Crippen molar-refractivity contribution in [3.05, 3.63) is 52.0 Å². The Labute approximate surface area is 166 Å². The van der Waals surface area contributed by atoms with Crippen molar-refractivity contribution < 1.29 is 14.2 Å². The molecule has 0 radical (unpaired) electrons. The zero-order valence-corrected chi connectivity index (χ0v) is 17.1. The standard InChI is InChI=1S/C21H27ClN2O3/c1-24(2)9-10-27-20-13-17-14(11-19(20)26-4)7-8-23-21(17)16-6-5-15(25-3)12-18(16)22/h5-6,11-13,21,23H,7-10H2,1-4H3. The third kappa shape index (κ3) is 4.49. The summed E-state index contributed by atoms with van der Waals surface area (Å²) in [4.78, 5) is 2.09. The number of methoxy groups -OCH3 is 2. The lowest BCUT2D eigenvalue weighted by Gasteiger charge is -2.29. The number of likely N-dealkylation sites (N-methyl/N-ethyl adjacent to an activating group) is 1. The van der Waals surface area contributed by atoms with Crippen LogP contribution in [-0.4, -0.2) is 52.9 Å². The lowest BCUT2D eigenvalue weighted by atomic mass is 9.89. The SMILES string of the molecule is COc1ccc(C2NCCc3cc(OC)c(OCCN(C)C)cc32)c(Cl)c1. The number of fused-ring (bicyclic) bond motifs is 1. The number of nitrogens with one attached hydrogen (secondary N) is 1. The first-order valence-electron chi connectivity index (χ1n) is 9.08. The van der Waals surface area contributed by atoms with E-state index in [9.17, 15) is 0 Å². The number of rotatable bonds is 7. The summed E-state index contributed by atoms with van der Waals surface area (Å²) in [6, 6.07) is 9.99. The Balaban J connectivity index is 1.95. The average Bonchev–Trinajstić information content (AvgIpc) is 2.66. The largest absolute Gasteiger partial charge is 0.497 e. The first-order chi connectivity index (χ1) is 13.0. The van der Waals surface area contributed by atoms with Gasteiger partial charge in [-0.2, -0.15) is 0 Å². The van der Waals surface area contributed by atoms with Crippen LogP contribution < -0.4 is 19.5 Å². The maximum Gasteiger partial charge on any atom is 0.161 e. The monoisotopic (exact) mass is 390 g/mol. The Morgan fingerprint density at radius 3 is 2.56 bits per heavy atom. The summed E-state index contributed by atoms with van der Waals surface area (Å²) in [5.74, 6) is 2.28. The van der Waals surface area contributed by atoms with E-state index in [4.69, 9.17) is 25.8 Å². The molecular weight excluding hydrogens is 364 g/mol. The van der Waals surface area contributed by atoms with E-state index in [0.29, 0.717) is 11.6 Å². The van der Waals surface area contributed by atoms with Gasteiger partial charge in [0.2, 0.25) is 0 Å². The Morgan fingerprint density at radius 1 is 1.07 bits per heavy atom. The van der Waals surface area contributed by atoms with Crippen molar-refractivity contribution >= 4 is 11.6 Å². The highest BCUT2D eigenvalue weighted by Crippen LogP contribution is 2.39. The van der Waals surface area contributed by atoms with Crippen LogP contribution in [0.3, 0.4) is 0 Å². The molecule has 2 aromatic carbocycles. The average molecular weight is 391 g/mol. The van der Waals surface area contributed by atoms with E-state index in [2.05, 4.69) is 22.3 Å². The van der Waals surface area contributed by atoms with Gasteiger partial charge in [-0.1, -0.05) is 17.7 Å². The molecule has 0 saturated heterocycles. The number of hydrogen-bond acceptors (Lipinski definition) is 5. The molecule has 0 spiro atoms. The molecule has 0 fully saturated rings. The van der Waals surface area contributed by atoms with Gasteiger partial charge in [0.25, 0.3) is 0 Å². The molecule has 5 nitrogen and oxygen atoms in total. The highest BCUT2D eigenvalue weighted by Gasteiger charge is 2.25. The first-order valence-corrected chi connectivity index (χ1v) is 9.46. The fraction of sp³-hybridized carbons (Fsp3) is 0.429. The molecule has 1 N–H and O–H groups in total. The zero-order chi connectivity index (χ0) is 19.4. The molecule has 1 aliphatic rings. The van der Waals surface area contributed by atoms with Crippen molar-refractivity contribution in [1.29, 1.82) is 0 Å². The predicted octanol–water partition coefficient (Wildman–Crippen LogP) is 3.53. The molecule has 146 valence electrons. The Bertz CT molecular complexity index is 795.